The monoisotopic (exact) mass is 391 g/mol. The Hall–Kier alpha value is -2.57. The van der Waals surface area contributed by atoms with Crippen molar-refractivity contribution in [2.45, 2.75) is 0 Å². The SMILES string of the molecule is O=C(CN1C(=O)c2cc(Cl)c(Cl)cc2C1=O)c1ccc2c(c1)OCCO2. The van der Waals surface area contributed by atoms with Crippen LogP contribution in [-0.4, -0.2) is 42.3 Å². The van der Waals surface area contributed by atoms with Crippen molar-refractivity contribution < 1.29 is 23.9 Å². The molecule has 0 spiro atoms. The van der Waals surface area contributed by atoms with E-state index in [1.54, 1.807) is 18.2 Å². The van der Waals surface area contributed by atoms with E-state index in [0.717, 1.165) is 4.90 Å². The maximum Gasteiger partial charge on any atom is 0.262 e. The Balaban J connectivity index is 1.59. The molecule has 0 saturated carbocycles. The molecule has 2 aromatic carbocycles. The van der Waals surface area contributed by atoms with Gasteiger partial charge in [0.25, 0.3) is 11.8 Å². The summed E-state index contributed by atoms with van der Waals surface area (Å²) < 4.78 is 10.9. The normalized spacial score (nSPS) is 15.2. The molecule has 0 aliphatic carbocycles. The average molecular weight is 392 g/mol. The van der Waals surface area contributed by atoms with Crippen LogP contribution in [0.1, 0.15) is 31.1 Å². The number of hydrogen-bond donors (Lipinski definition) is 0. The third-order valence-corrected chi connectivity index (χ3v) is 4.90. The van der Waals surface area contributed by atoms with Gasteiger partial charge in [0.05, 0.1) is 27.7 Å². The van der Waals surface area contributed by atoms with Gasteiger partial charge in [-0.05, 0) is 30.3 Å². The molecule has 0 bridgehead atoms. The van der Waals surface area contributed by atoms with Gasteiger partial charge in [0.1, 0.15) is 13.2 Å². The number of hydrogen-bond acceptors (Lipinski definition) is 5. The molecule has 0 unspecified atom stereocenters. The highest BCUT2D eigenvalue weighted by Gasteiger charge is 2.37. The standard InChI is InChI=1S/C18H11Cl2NO5/c19-12-6-10-11(7-13(12)20)18(24)21(17(10)23)8-14(22)9-1-2-15-16(5-9)26-4-3-25-15/h1-2,5-7H,3-4,8H2. The van der Waals surface area contributed by atoms with Crippen LogP contribution in [-0.2, 0) is 0 Å². The van der Waals surface area contributed by atoms with E-state index in [4.69, 9.17) is 32.7 Å². The first-order valence-electron chi connectivity index (χ1n) is 7.74. The quantitative estimate of drug-likeness (QED) is 0.593. The molecular weight excluding hydrogens is 381 g/mol. The third kappa shape index (κ3) is 2.71. The summed E-state index contributed by atoms with van der Waals surface area (Å²) in [5, 5.41) is 0.346. The number of rotatable bonds is 3. The molecule has 0 saturated heterocycles. The van der Waals surface area contributed by atoms with E-state index < -0.39 is 17.6 Å². The fourth-order valence-corrected chi connectivity index (χ4v) is 3.21. The molecule has 6 nitrogen and oxygen atoms in total. The summed E-state index contributed by atoms with van der Waals surface area (Å²) in [7, 11) is 0. The Morgan fingerprint density at radius 1 is 0.923 bits per heavy atom. The second-order valence-electron chi connectivity index (χ2n) is 5.79. The Kier molecular flexibility index (Phi) is 4.09. The van der Waals surface area contributed by atoms with Gasteiger partial charge in [0, 0.05) is 5.56 Å². The predicted molar refractivity (Wildman–Crippen MR) is 93.6 cm³/mol. The summed E-state index contributed by atoms with van der Waals surface area (Å²) in [6.07, 6.45) is 0. The number of amides is 2. The maximum atomic E-state index is 12.6. The lowest BCUT2D eigenvalue weighted by Crippen LogP contribution is -2.35. The van der Waals surface area contributed by atoms with Crippen LogP contribution in [0.3, 0.4) is 0 Å². The predicted octanol–water partition coefficient (Wildman–Crippen LogP) is 3.24. The highest BCUT2D eigenvalue weighted by atomic mass is 35.5. The van der Waals surface area contributed by atoms with Crippen LogP contribution in [0.2, 0.25) is 10.0 Å². The van der Waals surface area contributed by atoms with Gasteiger partial charge in [-0.3, -0.25) is 19.3 Å². The molecule has 0 N–H and O–H groups in total. The van der Waals surface area contributed by atoms with Crippen molar-refractivity contribution in [3.63, 3.8) is 0 Å². The fraction of sp³-hybridized carbons (Fsp3) is 0.167. The van der Waals surface area contributed by atoms with Gasteiger partial charge in [0.2, 0.25) is 0 Å². The molecule has 132 valence electrons. The Morgan fingerprint density at radius 2 is 1.50 bits per heavy atom. The summed E-state index contributed by atoms with van der Waals surface area (Å²) in [4.78, 5) is 38.4. The molecule has 2 aromatic rings. The van der Waals surface area contributed by atoms with E-state index in [2.05, 4.69) is 0 Å². The van der Waals surface area contributed by atoms with E-state index in [0.29, 0.717) is 30.3 Å². The molecule has 0 fully saturated rings. The number of ether oxygens (including phenoxy) is 2. The van der Waals surface area contributed by atoms with E-state index in [1.807, 2.05) is 0 Å². The van der Waals surface area contributed by atoms with Gasteiger partial charge in [-0.1, -0.05) is 23.2 Å². The lowest BCUT2D eigenvalue weighted by Gasteiger charge is -2.19. The number of ketones is 1. The average Bonchev–Trinajstić information content (AvgIpc) is 2.86. The van der Waals surface area contributed by atoms with Crippen LogP contribution in [0, 0.1) is 0 Å². The molecule has 0 atom stereocenters. The van der Waals surface area contributed by atoms with Crippen LogP contribution in [0.15, 0.2) is 30.3 Å². The van der Waals surface area contributed by atoms with Gasteiger partial charge >= 0.3 is 0 Å². The zero-order valence-electron chi connectivity index (χ0n) is 13.3. The van der Waals surface area contributed by atoms with Gasteiger partial charge in [-0.15, -0.1) is 0 Å². The number of fused-ring (bicyclic) bond motifs is 2. The van der Waals surface area contributed by atoms with Crippen molar-refractivity contribution >= 4 is 40.8 Å². The van der Waals surface area contributed by atoms with E-state index in [9.17, 15) is 14.4 Å². The van der Waals surface area contributed by atoms with Crippen LogP contribution < -0.4 is 9.47 Å². The number of imide groups is 1. The fourth-order valence-electron chi connectivity index (χ4n) is 2.88. The Labute approximate surface area is 158 Å². The van der Waals surface area contributed by atoms with Gasteiger partial charge in [-0.25, -0.2) is 0 Å². The van der Waals surface area contributed by atoms with Crippen LogP contribution in [0.5, 0.6) is 11.5 Å². The molecule has 0 radical (unpaired) electrons. The topological polar surface area (TPSA) is 72.9 Å². The number of nitrogens with zero attached hydrogens (tertiary/aromatic N) is 1. The molecule has 2 heterocycles. The minimum absolute atomic E-state index is 0.138. The lowest BCUT2D eigenvalue weighted by atomic mass is 10.1. The molecule has 0 aromatic heterocycles. The first kappa shape index (κ1) is 16.9. The molecular formula is C18H11Cl2NO5. The van der Waals surface area contributed by atoms with Crippen LogP contribution in [0.4, 0.5) is 0 Å². The number of Topliss-reactive ketones (excluding diaryl/α,β-unsaturated/α-hetero) is 1. The number of benzene rings is 2. The molecule has 2 aliphatic heterocycles. The van der Waals surface area contributed by atoms with Gasteiger partial charge < -0.3 is 9.47 Å². The van der Waals surface area contributed by atoms with Crippen molar-refractivity contribution in [1.29, 1.82) is 0 Å². The number of halogens is 2. The summed E-state index contributed by atoms with van der Waals surface area (Å²) >= 11 is 11.8. The van der Waals surface area contributed by atoms with E-state index in [-0.39, 0.29) is 27.7 Å². The molecule has 8 heteroatoms. The van der Waals surface area contributed by atoms with Gasteiger partial charge in [0.15, 0.2) is 17.3 Å². The minimum atomic E-state index is -0.575. The van der Waals surface area contributed by atoms with E-state index in [1.165, 1.54) is 12.1 Å². The number of carbonyl (C=O) groups excluding carboxylic acids is 3. The van der Waals surface area contributed by atoms with Crippen molar-refractivity contribution in [2.75, 3.05) is 19.8 Å². The smallest absolute Gasteiger partial charge is 0.262 e. The van der Waals surface area contributed by atoms with Crippen LogP contribution in [0.25, 0.3) is 0 Å². The first-order chi connectivity index (χ1) is 12.5. The van der Waals surface area contributed by atoms with Crippen molar-refractivity contribution in [3.05, 3.63) is 57.1 Å². The second kappa shape index (κ2) is 6.30. The molecule has 26 heavy (non-hydrogen) atoms. The summed E-state index contributed by atoms with van der Waals surface area (Å²) in [5.41, 5.74) is 0.598. The minimum Gasteiger partial charge on any atom is -0.486 e. The Morgan fingerprint density at radius 3 is 2.12 bits per heavy atom. The zero-order valence-corrected chi connectivity index (χ0v) is 14.8. The van der Waals surface area contributed by atoms with Crippen molar-refractivity contribution in [3.8, 4) is 11.5 Å². The number of carbonyl (C=O) groups is 3. The van der Waals surface area contributed by atoms with E-state index >= 15 is 0 Å². The summed E-state index contributed by atoms with van der Waals surface area (Å²) in [6, 6.07) is 7.43. The van der Waals surface area contributed by atoms with Gasteiger partial charge in [-0.2, -0.15) is 0 Å². The molecule has 2 amide bonds. The maximum absolute atomic E-state index is 12.6. The molecule has 2 aliphatic rings. The highest BCUT2D eigenvalue weighted by Crippen LogP contribution is 2.33. The summed E-state index contributed by atoms with van der Waals surface area (Å²) in [5.74, 6) is -0.529. The van der Waals surface area contributed by atoms with Crippen molar-refractivity contribution in [1.82, 2.24) is 4.90 Å². The zero-order chi connectivity index (χ0) is 18.4. The Bertz CT molecular complexity index is 931. The first-order valence-corrected chi connectivity index (χ1v) is 8.49. The van der Waals surface area contributed by atoms with Crippen molar-refractivity contribution in [2.24, 2.45) is 0 Å². The third-order valence-electron chi connectivity index (χ3n) is 4.18. The van der Waals surface area contributed by atoms with Crippen LogP contribution >= 0.6 is 23.2 Å². The lowest BCUT2D eigenvalue weighted by molar-refractivity contribution is 0.0624. The summed E-state index contributed by atoms with van der Waals surface area (Å²) in [6.45, 7) is 0.451. The molecule has 4 rings (SSSR count). The largest absolute Gasteiger partial charge is 0.486 e. The highest BCUT2D eigenvalue weighted by molar-refractivity contribution is 6.43. The second-order valence-corrected chi connectivity index (χ2v) is 6.60.